The van der Waals surface area contributed by atoms with Crippen LogP contribution in [-0.4, -0.2) is 82.9 Å². The van der Waals surface area contributed by atoms with Gasteiger partial charge in [0.1, 0.15) is 40.9 Å². The Hall–Kier alpha value is -5.65. The van der Waals surface area contributed by atoms with Gasteiger partial charge in [0.25, 0.3) is 5.92 Å². The molecule has 2 aliphatic carbocycles. The molecule has 5 aromatic rings. The molecular formula is C41H33Cl2F10N7O7S2. The van der Waals surface area contributed by atoms with Crippen LogP contribution >= 0.6 is 23.2 Å². The Morgan fingerprint density at radius 2 is 1.61 bits per heavy atom. The Morgan fingerprint density at radius 1 is 0.971 bits per heavy atom. The Balaban J connectivity index is 1.49. The minimum atomic E-state index is -5.22. The fourth-order valence-electron chi connectivity index (χ4n) is 7.88. The number of anilines is 1. The molecule has 3 heterocycles. The molecule has 3 atom stereocenters. The number of carbonyl (C=O) groups is 2. The Bertz CT molecular complexity index is 3220. The molecule has 2 aromatic carbocycles. The number of hydrogen-bond acceptors (Lipinski definition) is 10. The lowest BCUT2D eigenvalue weighted by Gasteiger charge is -2.23. The summed E-state index contributed by atoms with van der Waals surface area (Å²) in [5.41, 5.74) is -5.96. The zero-order valence-corrected chi connectivity index (χ0v) is 38.8. The highest BCUT2D eigenvalue weighted by Crippen LogP contribution is 2.68. The number of carbonyl (C=O) groups excluding carboxylic acids is 2. The average molecular weight is 1060 g/mol. The third-order valence-electron chi connectivity index (χ3n) is 11.2. The third kappa shape index (κ3) is 10.2. The number of sulfonamides is 1. The van der Waals surface area contributed by atoms with Crippen molar-refractivity contribution in [3.63, 3.8) is 0 Å². The molecule has 2 aliphatic rings. The number of fused-ring (bicyclic) bond motifs is 4. The second-order valence-corrected chi connectivity index (χ2v) is 21.6. The fraction of sp³-hybridized carbons (Fsp3) is 0.390. The molecule has 1 N–H and O–H groups in total. The monoisotopic (exact) mass is 1060 g/mol. The predicted molar refractivity (Wildman–Crippen MR) is 227 cm³/mol. The van der Waals surface area contributed by atoms with Crippen LogP contribution in [0.4, 0.5) is 54.5 Å². The highest BCUT2D eigenvalue weighted by atomic mass is 35.5. The summed E-state index contributed by atoms with van der Waals surface area (Å²) in [4.78, 5) is 31.7. The van der Waals surface area contributed by atoms with Crippen LogP contribution in [0.25, 0.3) is 22.0 Å². The summed E-state index contributed by atoms with van der Waals surface area (Å²) in [5.74, 6) is -6.11. The van der Waals surface area contributed by atoms with E-state index in [1.807, 2.05) is 0 Å². The lowest BCUT2D eigenvalue weighted by atomic mass is 9.93. The van der Waals surface area contributed by atoms with Crippen LogP contribution in [0.5, 0.6) is 0 Å². The van der Waals surface area contributed by atoms with E-state index < -0.39 is 154 Å². The van der Waals surface area contributed by atoms with Gasteiger partial charge in [0.05, 0.1) is 33.9 Å². The number of halogens is 12. The number of amides is 2. The number of benzene rings is 2. The van der Waals surface area contributed by atoms with Crippen LogP contribution < -0.4 is 9.62 Å². The number of rotatable bonds is 12. The number of sulfone groups is 1. The van der Waals surface area contributed by atoms with Crippen LogP contribution in [0.1, 0.15) is 66.1 Å². The van der Waals surface area contributed by atoms with Crippen LogP contribution in [0.3, 0.4) is 0 Å². The van der Waals surface area contributed by atoms with Gasteiger partial charge >= 0.3 is 18.4 Å². The molecule has 0 aliphatic heterocycles. The van der Waals surface area contributed by atoms with Gasteiger partial charge in [-0.2, -0.15) is 49.6 Å². The maximum atomic E-state index is 15.5. The van der Waals surface area contributed by atoms with Gasteiger partial charge in [-0.1, -0.05) is 35.2 Å². The molecule has 3 aromatic heterocycles. The summed E-state index contributed by atoms with van der Waals surface area (Å²) in [6.07, 6.45) is -11.7. The molecular weight excluding hydrogens is 1030 g/mol. The van der Waals surface area contributed by atoms with Crippen molar-refractivity contribution in [3.8, 4) is 23.0 Å². The fourth-order valence-corrected chi connectivity index (χ4v) is 9.22. The van der Waals surface area contributed by atoms with Gasteiger partial charge in [-0.15, -0.1) is 0 Å². The summed E-state index contributed by atoms with van der Waals surface area (Å²) in [6, 6.07) is 3.74. The van der Waals surface area contributed by atoms with Crippen molar-refractivity contribution in [2.24, 2.45) is 5.92 Å². The molecule has 2 amide bonds. The normalized spacial score (nSPS) is 17.2. The average Bonchev–Trinajstić information content (AvgIpc) is 3.71. The van der Waals surface area contributed by atoms with Crippen molar-refractivity contribution in [3.05, 3.63) is 93.0 Å². The first kappa shape index (κ1) is 51.2. The second-order valence-electron chi connectivity index (χ2n) is 16.6. The lowest BCUT2D eigenvalue weighted by molar-refractivity contribution is -0.143. The zero-order chi connectivity index (χ0) is 51.1. The van der Waals surface area contributed by atoms with E-state index in [4.69, 9.17) is 23.2 Å². The maximum Gasteiger partial charge on any atom is 0.435 e. The number of aromatic nitrogens is 5. The standard InChI is InChI=1S/C41H33Cl2F10N7O7S2/c1-38(2,68(3,63)64)10-9-22-5-6-23(24-7-8-27(43)31-33(24)59(17-39(46,47)48)57-36(31)60(69(4,65)66)37(62)67-18-42)32(54-22)28(13-19-11-20(44)14-21(45)12-19)55-29(61)16-58-35-30(34(56-58)41(51,52)53)25-15-26(25)40(35,49)50/h5-8,11-12,14,25-26,28H,13,15-18H2,1-4H3,(H,55,61)/t25-,26?,28-/m0/s1. The zero-order valence-electron chi connectivity index (χ0n) is 35.7. The van der Waals surface area contributed by atoms with Gasteiger partial charge in [-0.3, -0.25) is 14.2 Å². The van der Waals surface area contributed by atoms with Gasteiger partial charge in [0.2, 0.25) is 15.9 Å². The molecule has 28 heteroatoms. The molecule has 1 fully saturated rings. The van der Waals surface area contributed by atoms with Crippen LogP contribution in [0.2, 0.25) is 5.02 Å². The van der Waals surface area contributed by atoms with Gasteiger partial charge in [0, 0.05) is 34.9 Å². The lowest BCUT2D eigenvalue weighted by Crippen LogP contribution is -2.37. The second kappa shape index (κ2) is 17.6. The van der Waals surface area contributed by atoms with Gasteiger partial charge < -0.3 is 10.1 Å². The molecule has 69 heavy (non-hydrogen) atoms. The molecule has 1 saturated carbocycles. The molecule has 7 rings (SSSR count). The molecule has 0 bridgehead atoms. The van der Waals surface area contributed by atoms with Crippen LogP contribution in [0.15, 0.2) is 42.5 Å². The van der Waals surface area contributed by atoms with Gasteiger partial charge in [-0.25, -0.2) is 35.4 Å². The summed E-state index contributed by atoms with van der Waals surface area (Å²) in [7, 11) is -8.72. The van der Waals surface area contributed by atoms with Gasteiger partial charge in [0.15, 0.2) is 27.4 Å². The van der Waals surface area contributed by atoms with E-state index in [2.05, 4.69) is 37.1 Å². The van der Waals surface area contributed by atoms with Crippen LogP contribution in [0, 0.1) is 29.4 Å². The molecule has 0 radical (unpaired) electrons. The van der Waals surface area contributed by atoms with E-state index in [1.54, 1.807) is 0 Å². The van der Waals surface area contributed by atoms with Crippen molar-refractivity contribution in [1.29, 1.82) is 0 Å². The molecule has 0 saturated heterocycles. The van der Waals surface area contributed by atoms with E-state index in [9.17, 15) is 61.5 Å². The van der Waals surface area contributed by atoms with Crippen molar-refractivity contribution < 1.29 is 75.1 Å². The Kier molecular flexibility index (Phi) is 13.1. The van der Waals surface area contributed by atoms with Gasteiger partial charge in [-0.05, 0) is 74.4 Å². The van der Waals surface area contributed by atoms with E-state index in [0.717, 1.165) is 42.7 Å². The minimum Gasteiger partial charge on any atom is -0.432 e. The first-order valence-electron chi connectivity index (χ1n) is 19.8. The van der Waals surface area contributed by atoms with Crippen LogP contribution in [-0.2, 0) is 61.0 Å². The summed E-state index contributed by atoms with van der Waals surface area (Å²) in [6.45, 7) is -0.829. The van der Waals surface area contributed by atoms with E-state index in [0.29, 0.717) is 12.3 Å². The maximum absolute atomic E-state index is 15.5. The van der Waals surface area contributed by atoms with E-state index >= 15 is 8.78 Å². The number of pyridine rings is 1. The predicted octanol–water partition coefficient (Wildman–Crippen LogP) is 8.39. The topological polar surface area (TPSA) is 175 Å². The van der Waals surface area contributed by atoms with Crippen molar-refractivity contribution in [1.82, 2.24) is 29.9 Å². The SMILES string of the molecule is CC(C)(C#Cc1ccc(-c2ccc(Cl)c3c(N(C(=O)OCCl)S(C)(=O)=O)nn(CC(F)(F)F)c23)c([C@H](Cc2cc(F)cc(F)c2)NC(=O)Cn2nc(C(F)(F)F)c3c2C(F)(F)C2C[C@H]32)n1)S(C)(=O)=O. The number of nitrogens with zero attached hydrogens (tertiary/aromatic N) is 6. The van der Waals surface area contributed by atoms with Crippen molar-refractivity contribution in [2.75, 3.05) is 22.9 Å². The minimum absolute atomic E-state index is 0.119. The Labute approximate surface area is 394 Å². The van der Waals surface area contributed by atoms with Crippen molar-refractivity contribution >= 4 is 71.8 Å². The van der Waals surface area contributed by atoms with E-state index in [-0.39, 0.29) is 42.5 Å². The number of nitrogens with one attached hydrogen (secondary N) is 1. The third-order valence-corrected chi connectivity index (χ3v) is 14.5. The smallest absolute Gasteiger partial charge is 0.432 e. The Morgan fingerprint density at radius 3 is 2.19 bits per heavy atom. The molecule has 14 nitrogen and oxygen atoms in total. The molecule has 370 valence electrons. The molecule has 0 spiro atoms. The molecule has 1 unspecified atom stereocenters. The summed E-state index contributed by atoms with van der Waals surface area (Å²) < 4.78 is 201. The number of ether oxygens (including phenoxy) is 1. The quantitative estimate of drug-likeness (QED) is 0.0726. The number of hydrogen-bond donors (Lipinski definition) is 1. The summed E-state index contributed by atoms with van der Waals surface area (Å²) >= 11 is 12.0. The summed E-state index contributed by atoms with van der Waals surface area (Å²) in [5, 5.41) is 8.47. The highest BCUT2D eigenvalue weighted by molar-refractivity contribution is 7.93. The largest absolute Gasteiger partial charge is 0.435 e. The van der Waals surface area contributed by atoms with E-state index in [1.165, 1.54) is 13.8 Å². The van der Waals surface area contributed by atoms with Crippen molar-refractivity contribution in [2.45, 2.75) is 74.8 Å². The number of alkyl halides is 9. The first-order chi connectivity index (χ1) is 31.7. The first-order valence-corrected chi connectivity index (χ1v) is 24.4. The highest BCUT2D eigenvalue weighted by Gasteiger charge is 2.68.